The lowest BCUT2D eigenvalue weighted by Gasteiger charge is -2.07. The summed E-state index contributed by atoms with van der Waals surface area (Å²) < 4.78 is 26.2. The van der Waals surface area contributed by atoms with Gasteiger partial charge in [-0.05, 0) is 35.9 Å². The Morgan fingerprint density at radius 1 is 0.926 bits per heavy atom. The molecule has 0 unspecified atom stereocenters. The summed E-state index contributed by atoms with van der Waals surface area (Å²) >= 11 is 0. The minimum Gasteiger partial charge on any atom is -0.326 e. The fraction of sp³-hybridized carbons (Fsp3) is 0.158. The molecule has 2 amide bonds. The topological polar surface area (TPSA) is 104 Å². The third-order valence-corrected chi connectivity index (χ3v) is 4.48. The van der Waals surface area contributed by atoms with Gasteiger partial charge in [0.05, 0.1) is 0 Å². The van der Waals surface area contributed by atoms with E-state index in [0.29, 0.717) is 11.4 Å². The summed E-state index contributed by atoms with van der Waals surface area (Å²) in [6, 6.07) is 15.7. The highest BCUT2D eigenvalue weighted by molar-refractivity contribution is 7.92. The predicted octanol–water partition coefficient (Wildman–Crippen LogP) is 2.56. The molecule has 142 valence electrons. The quantitative estimate of drug-likeness (QED) is 0.647. The van der Waals surface area contributed by atoms with Crippen LogP contribution >= 0.6 is 0 Å². The van der Waals surface area contributed by atoms with Crippen LogP contribution < -0.4 is 15.4 Å². The van der Waals surface area contributed by atoms with E-state index in [1.807, 2.05) is 18.2 Å². The second-order valence-electron chi connectivity index (χ2n) is 5.71. The van der Waals surface area contributed by atoms with Crippen LogP contribution in [0.3, 0.4) is 0 Å². The Labute approximate surface area is 158 Å². The first-order valence-corrected chi connectivity index (χ1v) is 9.79. The molecular weight excluding hydrogens is 366 g/mol. The largest absolute Gasteiger partial charge is 0.326 e. The lowest BCUT2D eigenvalue weighted by molar-refractivity contribution is -0.116. The van der Waals surface area contributed by atoms with Crippen molar-refractivity contribution in [2.75, 3.05) is 17.2 Å². The highest BCUT2D eigenvalue weighted by atomic mass is 32.2. The molecule has 0 radical (unpaired) electrons. The summed E-state index contributed by atoms with van der Waals surface area (Å²) in [7, 11) is -3.62. The maximum Gasteiger partial charge on any atom is 0.233 e. The van der Waals surface area contributed by atoms with Gasteiger partial charge in [0.25, 0.3) is 0 Å². The SMILES string of the molecule is CC(=O)Nc1ccc(NC(=O)CCNS(=O)(=O)C=Cc2ccccc2)cc1. The Balaban J connectivity index is 1.78. The van der Waals surface area contributed by atoms with E-state index in [0.717, 1.165) is 11.0 Å². The summed E-state index contributed by atoms with van der Waals surface area (Å²) in [5.41, 5.74) is 1.95. The first kappa shape index (κ1) is 20.3. The van der Waals surface area contributed by atoms with Gasteiger partial charge in [0.2, 0.25) is 21.8 Å². The van der Waals surface area contributed by atoms with Crippen molar-refractivity contribution in [3.63, 3.8) is 0 Å². The van der Waals surface area contributed by atoms with Gasteiger partial charge in [0.15, 0.2) is 0 Å². The highest BCUT2D eigenvalue weighted by Crippen LogP contribution is 2.13. The van der Waals surface area contributed by atoms with E-state index in [2.05, 4.69) is 15.4 Å². The normalized spacial score (nSPS) is 11.3. The van der Waals surface area contributed by atoms with Gasteiger partial charge in [-0.2, -0.15) is 0 Å². The van der Waals surface area contributed by atoms with Crippen LogP contribution in [-0.2, 0) is 19.6 Å². The van der Waals surface area contributed by atoms with Crippen LogP contribution in [0.15, 0.2) is 60.0 Å². The number of hydrogen-bond donors (Lipinski definition) is 3. The molecule has 0 bridgehead atoms. The monoisotopic (exact) mass is 387 g/mol. The molecule has 0 saturated heterocycles. The van der Waals surface area contributed by atoms with Crippen molar-refractivity contribution in [3.8, 4) is 0 Å². The molecule has 0 saturated carbocycles. The Morgan fingerprint density at radius 2 is 1.52 bits per heavy atom. The van der Waals surface area contributed by atoms with Gasteiger partial charge < -0.3 is 10.6 Å². The van der Waals surface area contributed by atoms with Crippen LogP contribution in [0.4, 0.5) is 11.4 Å². The minimum atomic E-state index is -3.62. The maximum atomic E-state index is 11.9. The first-order valence-electron chi connectivity index (χ1n) is 8.24. The third-order valence-electron chi connectivity index (χ3n) is 3.38. The van der Waals surface area contributed by atoms with Crippen molar-refractivity contribution < 1.29 is 18.0 Å². The van der Waals surface area contributed by atoms with E-state index in [1.54, 1.807) is 36.4 Å². The van der Waals surface area contributed by atoms with Crippen LogP contribution in [0.5, 0.6) is 0 Å². The Hall–Kier alpha value is -2.97. The van der Waals surface area contributed by atoms with Gasteiger partial charge in [-0.3, -0.25) is 9.59 Å². The van der Waals surface area contributed by atoms with Gasteiger partial charge in [0.1, 0.15) is 0 Å². The average Bonchev–Trinajstić information content (AvgIpc) is 2.62. The van der Waals surface area contributed by atoms with E-state index in [-0.39, 0.29) is 24.8 Å². The van der Waals surface area contributed by atoms with Crippen LogP contribution in [0.1, 0.15) is 18.9 Å². The molecule has 3 N–H and O–H groups in total. The smallest absolute Gasteiger partial charge is 0.233 e. The molecule has 8 heteroatoms. The van der Waals surface area contributed by atoms with Crippen molar-refractivity contribution in [1.29, 1.82) is 0 Å². The Kier molecular flexibility index (Phi) is 7.27. The molecule has 2 rings (SSSR count). The van der Waals surface area contributed by atoms with Crippen LogP contribution in [0.2, 0.25) is 0 Å². The molecule has 7 nitrogen and oxygen atoms in total. The van der Waals surface area contributed by atoms with Gasteiger partial charge in [-0.15, -0.1) is 0 Å². The van der Waals surface area contributed by atoms with Gasteiger partial charge >= 0.3 is 0 Å². The van der Waals surface area contributed by atoms with E-state index in [4.69, 9.17) is 0 Å². The standard InChI is InChI=1S/C19H21N3O4S/c1-15(23)21-17-7-9-18(10-8-17)22-19(24)11-13-20-27(25,26)14-12-16-5-3-2-4-6-16/h2-10,12,14,20H,11,13H2,1H3,(H,21,23)(H,22,24). The van der Waals surface area contributed by atoms with Gasteiger partial charge in [-0.1, -0.05) is 30.3 Å². The third kappa shape index (κ3) is 7.85. The predicted molar refractivity (Wildman–Crippen MR) is 106 cm³/mol. The molecular formula is C19H21N3O4S. The van der Waals surface area contributed by atoms with E-state index in [9.17, 15) is 18.0 Å². The molecule has 0 aliphatic heterocycles. The molecule has 0 aliphatic rings. The van der Waals surface area contributed by atoms with Crippen LogP contribution in [0, 0.1) is 0 Å². The van der Waals surface area contributed by atoms with Crippen molar-refractivity contribution in [3.05, 3.63) is 65.6 Å². The number of sulfonamides is 1. The number of benzene rings is 2. The summed E-state index contributed by atoms with van der Waals surface area (Å²) in [4.78, 5) is 22.9. The van der Waals surface area contributed by atoms with Gasteiger partial charge in [0, 0.05) is 36.7 Å². The first-order chi connectivity index (χ1) is 12.8. The maximum absolute atomic E-state index is 11.9. The zero-order valence-corrected chi connectivity index (χ0v) is 15.6. The Morgan fingerprint density at radius 3 is 2.11 bits per heavy atom. The second-order valence-corrected chi connectivity index (χ2v) is 7.36. The minimum absolute atomic E-state index is 0.00808. The lowest BCUT2D eigenvalue weighted by atomic mass is 10.2. The molecule has 0 aromatic heterocycles. The highest BCUT2D eigenvalue weighted by Gasteiger charge is 2.07. The molecule has 0 spiro atoms. The second kappa shape index (κ2) is 9.65. The Bertz CT molecular complexity index is 908. The average molecular weight is 387 g/mol. The van der Waals surface area contributed by atoms with Gasteiger partial charge in [-0.25, -0.2) is 13.1 Å². The lowest BCUT2D eigenvalue weighted by Crippen LogP contribution is -2.26. The molecule has 27 heavy (non-hydrogen) atoms. The summed E-state index contributed by atoms with van der Waals surface area (Å²) in [5.74, 6) is -0.502. The van der Waals surface area contributed by atoms with E-state index >= 15 is 0 Å². The number of anilines is 2. The van der Waals surface area contributed by atoms with E-state index < -0.39 is 10.0 Å². The zero-order chi connectivity index (χ0) is 19.7. The van der Waals surface area contributed by atoms with Crippen LogP contribution in [0.25, 0.3) is 6.08 Å². The molecule has 2 aromatic rings. The molecule has 0 aliphatic carbocycles. The summed E-state index contributed by atoms with van der Waals surface area (Å²) in [6.45, 7) is 1.39. The summed E-state index contributed by atoms with van der Waals surface area (Å²) in [5, 5.41) is 6.36. The number of carbonyl (C=O) groups is 2. The van der Waals surface area contributed by atoms with Crippen molar-refractivity contribution in [2.45, 2.75) is 13.3 Å². The van der Waals surface area contributed by atoms with Crippen molar-refractivity contribution >= 4 is 39.3 Å². The molecule has 2 aromatic carbocycles. The number of carbonyl (C=O) groups excluding carboxylic acids is 2. The number of rotatable bonds is 8. The molecule has 0 atom stereocenters. The van der Waals surface area contributed by atoms with Crippen molar-refractivity contribution in [2.24, 2.45) is 0 Å². The fourth-order valence-electron chi connectivity index (χ4n) is 2.15. The number of amides is 2. The van der Waals surface area contributed by atoms with Crippen molar-refractivity contribution in [1.82, 2.24) is 4.72 Å². The molecule has 0 fully saturated rings. The number of nitrogens with one attached hydrogen (secondary N) is 3. The fourth-order valence-corrected chi connectivity index (χ4v) is 2.97. The van der Waals surface area contributed by atoms with Crippen LogP contribution in [-0.4, -0.2) is 26.8 Å². The zero-order valence-electron chi connectivity index (χ0n) is 14.8. The summed E-state index contributed by atoms with van der Waals surface area (Å²) in [6.07, 6.45) is 1.48. The molecule has 0 heterocycles. The van der Waals surface area contributed by atoms with E-state index in [1.165, 1.54) is 13.0 Å². The number of hydrogen-bond acceptors (Lipinski definition) is 4.